The predicted molar refractivity (Wildman–Crippen MR) is 73.7 cm³/mol. The van der Waals surface area contributed by atoms with Crippen LogP contribution in [0.15, 0.2) is 24.0 Å². The summed E-state index contributed by atoms with van der Waals surface area (Å²) in [7, 11) is 0. The van der Waals surface area contributed by atoms with Crippen LogP contribution in [0.4, 0.5) is 4.39 Å². The highest BCUT2D eigenvalue weighted by Crippen LogP contribution is 2.35. The first-order valence-corrected chi connectivity index (χ1v) is 6.80. The Kier molecular flexibility index (Phi) is 4.59. The van der Waals surface area contributed by atoms with Gasteiger partial charge in [0.1, 0.15) is 12.4 Å². The van der Waals surface area contributed by atoms with Crippen molar-refractivity contribution in [2.24, 2.45) is 0 Å². The Morgan fingerprint density at radius 3 is 2.95 bits per heavy atom. The number of rotatable bonds is 4. The molecule has 19 heavy (non-hydrogen) atoms. The Labute approximate surface area is 117 Å². The maximum Gasteiger partial charge on any atom is 0.163 e. The van der Waals surface area contributed by atoms with Crippen LogP contribution in [0.2, 0.25) is 5.02 Å². The Morgan fingerprint density at radius 2 is 2.26 bits per heavy atom. The Morgan fingerprint density at radius 1 is 1.47 bits per heavy atom. The minimum Gasteiger partial charge on any atom is -0.488 e. The fourth-order valence-electron chi connectivity index (χ4n) is 2.16. The molecule has 1 aromatic carbocycles. The number of carbonyl (C=O) groups is 1. The molecule has 1 aliphatic rings. The molecule has 0 fully saturated rings. The van der Waals surface area contributed by atoms with E-state index >= 15 is 0 Å². The van der Waals surface area contributed by atoms with Crippen LogP contribution in [0.25, 0.3) is 0 Å². The van der Waals surface area contributed by atoms with E-state index in [1.54, 1.807) is 12.1 Å². The molecular formula is C15H16ClFO2. The van der Waals surface area contributed by atoms with Gasteiger partial charge in [0.2, 0.25) is 0 Å². The van der Waals surface area contributed by atoms with Crippen LogP contribution in [-0.2, 0) is 6.42 Å². The van der Waals surface area contributed by atoms with E-state index < -0.39 is 0 Å². The number of halogens is 2. The molecule has 0 aromatic heterocycles. The number of hydrogen-bond acceptors (Lipinski definition) is 2. The minimum atomic E-state index is 0.132. The Hall–Kier alpha value is -1.35. The Balaban J connectivity index is 2.22. The van der Waals surface area contributed by atoms with Crippen LogP contribution in [-0.4, -0.2) is 12.4 Å². The van der Waals surface area contributed by atoms with E-state index in [0.29, 0.717) is 41.1 Å². The summed E-state index contributed by atoms with van der Waals surface area (Å²) < 4.78 is 18.0. The highest BCUT2D eigenvalue weighted by Gasteiger charge is 2.21. The lowest BCUT2D eigenvalue weighted by Crippen LogP contribution is -2.12. The lowest BCUT2D eigenvalue weighted by molar-refractivity contribution is 0.0972. The van der Waals surface area contributed by atoms with Crippen LogP contribution in [0, 0.1) is 0 Å². The topological polar surface area (TPSA) is 26.3 Å². The summed E-state index contributed by atoms with van der Waals surface area (Å²) in [6, 6.07) is 3.44. The van der Waals surface area contributed by atoms with Crippen LogP contribution in [0.5, 0.6) is 5.75 Å². The molecule has 0 saturated heterocycles. The van der Waals surface area contributed by atoms with Gasteiger partial charge in [-0.2, -0.15) is 0 Å². The van der Waals surface area contributed by atoms with Gasteiger partial charge in [-0.15, -0.1) is 0 Å². The molecule has 4 heteroatoms. The lowest BCUT2D eigenvalue weighted by atomic mass is 9.90. The van der Waals surface area contributed by atoms with Gasteiger partial charge >= 0.3 is 0 Å². The first kappa shape index (κ1) is 14.1. The van der Waals surface area contributed by atoms with E-state index in [9.17, 15) is 9.18 Å². The first-order chi connectivity index (χ1) is 9.17. The van der Waals surface area contributed by atoms with Crippen LogP contribution in [0.1, 0.15) is 42.1 Å². The van der Waals surface area contributed by atoms with Crippen molar-refractivity contribution in [1.82, 2.24) is 0 Å². The third-order valence-corrected chi connectivity index (χ3v) is 3.77. The summed E-state index contributed by atoms with van der Waals surface area (Å²) in [4.78, 5) is 11.7. The van der Waals surface area contributed by atoms with Gasteiger partial charge in [-0.25, -0.2) is 4.39 Å². The van der Waals surface area contributed by atoms with Crippen molar-refractivity contribution < 1.29 is 13.9 Å². The zero-order valence-corrected chi connectivity index (χ0v) is 11.6. The second-order valence-electron chi connectivity index (χ2n) is 4.59. The molecule has 0 spiro atoms. The molecule has 1 aromatic rings. The number of ether oxygens (including phenoxy) is 1. The van der Waals surface area contributed by atoms with Gasteiger partial charge in [0, 0.05) is 12.0 Å². The van der Waals surface area contributed by atoms with E-state index in [4.69, 9.17) is 16.3 Å². The van der Waals surface area contributed by atoms with Crippen molar-refractivity contribution in [2.75, 3.05) is 6.61 Å². The van der Waals surface area contributed by atoms with Crippen LogP contribution >= 0.6 is 11.6 Å². The van der Waals surface area contributed by atoms with Gasteiger partial charge < -0.3 is 4.74 Å². The molecule has 0 N–H and O–H groups in total. The molecule has 0 unspecified atom stereocenters. The summed E-state index contributed by atoms with van der Waals surface area (Å²) in [5.74, 6) is 0.649. The van der Waals surface area contributed by atoms with Gasteiger partial charge in [0.15, 0.2) is 5.78 Å². The van der Waals surface area contributed by atoms with E-state index in [-0.39, 0.29) is 12.4 Å². The molecule has 2 nitrogen and oxygen atoms in total. The SMILES string of the molecule is CCC(=CF)COc1ccc2c(c1Cl)CCCC2=O. The van der Waals surface area contributed by atoms with Crippen LogP contribution < -0.4 is 4.74 Å². The fraction of sp³-hybridized carbons (Fsp3) is 0.400. The zero-order valence-electron chi connectivity index (χ0n) is 10.8. The third-order valence-electron chi connectivity index (χ3n) is 3.36. The van der Waals surface area contributed by atoms with Gasteiger partial charge in [-0.05, 0) is 42.5 Å². The molecule has 0 bridgehead atoms. The molecule has 0 atom stereocenters. The monoisotopic (exact) mass is 282 g/mol. The summed E-state index contributed by atoms with van der Waals surface area (Å²) in [6.45, 7) is 2.04. The van der Waals surface area contributed by atoms with E-state index in [0.717, 1.165) is 18.4 Å². The van der Waals surface area contributed by atoms with Crippen molar-refractivity contribution in [3.63, 3.8) is 0 Å². The molecule has 2 rings (SSSR count). The summed E-state index contributed by atoms with van der Waals surface area (Å²) in [5.41, 5.74) is 2.13. The van der Waals surface area contributed by atoms with Gasteiger partial charge in [-0.1, -0.05) is 18.5 Å². The normalized spacial score (nSPS) is 15.3. The number of Topliss-reactive ketones (excluding diaryl/α,β-unsaturated/α-hetero) is 1. The molecule has 0 saturated carbocycles. The molecule has 102 valence electrons. The second-order valence-corrected chi connectivity index (χ2v) is 4.97. The van der Waals surface area contributed by atoms with Crippen molar-refractivity contribution in [3.8, 4) is 5.75 Å². The molecule has 0 aliphatic heterocycles. The Bertz CT molecular complexity index is 523. The number of hydrogen-bond donors (Lipinski definition) is 0. The standard InChI is InChI=1S/C15H16ClFO2/c1-2-10(8-17)9-19-14-7-6-11-12(15(14)16)4-3-5-13(11)18/h6-8H,2-5,9H2,1H3. The summed E-state index contributed by atoms with van der Waals surface area (Å²) in [5, 5.41) is 0.486. The van der Waals surface area contributed by atoms with Crippen molar-refractivity contribution in [3.05, 3.63) is 40.2 Å². The highest BCUT2D eigenvalue weighted by molar-refractivity contribution is 6.33. The molecule has 0 heterocycles. The number of ketones is 1. The van der Waals surface area contributed by atoms with Crippen molar-refractivity contribution in [1.29, 1.82) is 0 Å². The van der Waals surface area contributed by atoms with E-state index in [1.165, 1.54) is 0 Å². The maximum absolute atomic E-state index is 12.5. The summed E-state index contributed by atoms with van der Waals surface area (Å²) in [6.07, 6.45) is 3.35. The van der Waals surface area contributed by atoms with E-state index in [2.05, 4.69) is 0 Å². The van der Waals surface area contributed by atoms with Gasteiger partial charge in [0.25, 0.3) is 0 Å². The minimum absolute atomic E-state index is 0.132. The zero-order chi connectivity index (χ0) is 13.8. The molecule has 0 amide bonds. The number of fused-ring (bicyclic) bond motifs is 1. The predicted octanol–water partition coefficient (Wildman–Crippen LogP) is 4.50. The smallest absolute Gasteiger partial charge is 0.163 e. The quantitative estimate of drug-likeness (QED) is 0.813. The summed E-state index contributed by atoms with van der Waals surface area (Å²) >= 11 is 6.27. The van der Waals surface area contributed by atoms with Crippen molar-refractivity contribution in [2.45, 2.75) is 32.6 Å². The average molecular weight is 283 g/mol. The second kappa shape index (κ2) is 6.20. The fourth-order valence-corrected chi connectivity index (χ4v) is 2.47. The maximum atomic E-state index is 12.5. The molecular weight excluding hydrogens is 267 g/mol. The number of benzene rings is 1. The van der Waals surface area contributed by atoms with E-state index in [1.807, 2.05) is 6.92 Å². The third kappa shape index (κ3) is 2.98. The van der Waals surface area contributed by atoms with Gasteiger partial charge in [-0.3, -0.25) is 4.79 Å². The van der Waals surface area contributed by atoms with Crippen LogP contribution in [0.3, 0.4) is 0 Å². The first-order valence-electron chi connectivity index (χ1n) is 6.42. The number of carbonyl (C=O) groups excluding carboxylic acids is 1. The molecule has 1 aliphatic carbocycles. The van der Waals surface area contributed by atoms with Gasteiger partial charge in [0.05, 0.1) is 11.4 Å². The largest absolute Gasteiger partial charge is 0.488 e. The highest BCUT2D eigenvalue weighted by atomic mass is 35.5. The lowest BCUT2D eigenvalue weighted by Gasteiger charge is -2.18. The average Bonchev–Trinajstić information content (AvgIpc) is 2.43. The van der Waals surface area contributed by atoms with Crippen molar-refractivity contribution >= 4 is 17.4 Å². The molecule has 0 radical (unpaired) electrons.